The van der Waals surface area contributed by atoms with Gasteiger partial charge in [0, 0.05) is 43.7 Å². The molecule has 0 aliphatic carbocycles. The fourth-order valence-corrected chi connectivity index (χ4v) is 6.12. The number of carbonyl (C=O) groups is 1. The molecule has 0 unspecified atom stereocenters. The smallest absolute Gasteiger partial charge is 0.419 e. The minimum atomic E-state index is -4.55. The van der Waals surface area contributed by atoms with Crippen LogP contribution in [0, 0.1) is 17.9 Å². The molecular formula is C40H44F3IrN2O2-. The fourth-order valence-electron chi connectivity index (χ4n) is 6.12. The zero-order valence-electron chi connectivity index (χ0n) is 28.6. The van der Waals surface area contributed by atoms with Crippen LogP contribution in [0.3, 0.4) is 0 Å². The first-order chi connectivity index (χ1) is 22.2. The van der Waals surface area contributed by atoms with Crippen LogP contribution in [0.1, 0.15) is 85.3 Å². The van der Waals surface area contributed by atoms with E-state index < -0.39 is 11.7 Å². The molecule has 0 fully saturated rings. The number of allylic oxidation sites excluding steroid dienone is 2. The summed E-state index contributed by atoms with van der Waals surface area (Å²) in [4.78, 5) is 20.2. The molecule has 1 aromatic heterocycles. The van der Waals surface area contributed by atoms with Gasteiger partial charge in [0.2, 0.25) is 0 Å². The van der Waals surface area contributed by atoms with Gasteiger partial charge in [-0.05, 0) is 47.3 Å². The van der Waals surface area contributed by atoms with Crippen molar-refractivity contribution < 1.29 is 43.2 Å². The topological polar surface area (TPSA) is 63.1 Å². The van der Waals surface area contributed by atoms with Crippen molar-refractivity contribution in [1.82, 2.24) is 9.97 Å². The van der Waals surface area contributed by atoms with Gasteiger partial charge in [0.15, 0.2) is 5.78 Å². The summed E-state index contributed by atoms with van der Waals surface area (Å²) in [7, 11) is 0. The average molecular weight is 834 g/mol. The number of ketones is 1. The number of rotatable bonds is 8. The molecule has 0 bridgehead atoms. The third kappa shape index (κ3) is 8.51. The molecule has 0 saturated carbocycles. The number of aliphatic hydroxyl groups excluding tert-OH is 1. The number of halogens is 3. The van der Waals surface area contributed by atoms with E-state index in [0.717, 1.165) is 42.0 Å². The van der Waals surface area contributed by atoms with Crippen LogP contribution >= 0.6 is 0 Å². The number of fused-ring (bicyclic) bond motifs is 3. The first-order valence-electron chi connectivity index (χ1n) is 16.4. The van der Waals surface area contributed by atoms with E-state index in [0.29, 0.717) is 22.0 Å². The van der Waals surface area contributed by atoms with E-state index in [1.54, 1.807) is 24.3 Å². The first-order valence-corrected chi connectivity index (χ1v) is 16.4. The van der Waals surface area contributed by atoms with Gasteiger partial charge >= 0.3 is 6.18 Å². The summed E-state index contributed by atoms with van der Waals surface area (Å²) in [5, 5.41) is 12.7. The van der Waals surface area contributed by atoms with Gasteiger partial charge in [0.05, 0.1) is 16.8 Å². The normalized spacial score (nSPS) is 12.4. The van der Waals surface area contributed by atoms with Gasteiger partial charge in [-0.15, -0.1) is 29.1 Å². The SMILES string of the molecule is CC(C)(C)c1cc(-c2ncnc3c(C(F)(F)F)c4ccccc4cc23)[c-]c2ccccc12.CCC(CC)C(=O)/C=C(\O)C(CC)CC.[Ir]. The zero-order valence-corrected chi connectivity index (χ0v) is 31.0. The molecular weight excluding hydrogens is 790 g/mol. The molecule has 8 heteroatoms. The molecule has 48 heavy (non-hydrogen) atoms. The van der Waals surface area contributed by atoms with Crippen LogP contribution in [-0.2, 0) is 36.5 Å². The monoisotopic (exact) mass is 834 g/mol. The van der Waals surface area contributed by atoms with Crippen molar-refractivity contribution in [2.45, 2.75) is 85.7 Å². The minimum Gasteiger partial charge on any atom is -0.512 e. The second-order valence-electron chi connectivity index (χ2n) is 13.0. The van der Waals surface area contributed by atoms with E-state index in [4.69, 9.17) is 0 Å². The van der Waals surface area contributed by atoms with Crippen molar-refractivity contribution in [3.8, 4) is 11.3 Å². The van der Waals surface area contributed by atoms with Gasteiger partial charge in [-0.2, -0.15) is 13.2 Å². The molecule has 1 heterocycles. The average Bonchev–Trinajstić information content (AvgIpc) is 3.03. The third-order valence-electron chi connectivity index (χ3n) is 8.85. The number of benzene rings is 4. The van der Waals surface area contributed by atoms with Crippen LogP contribution in [0.15, 0.2) is 78.8 Å². The molecule has 0 amide bonds. The van der Waals surface area contributed by atoms with Crippen molar-refractivity contribution in [3.63, 3.8) is 0 Å². The van der Waals surface area contributed by atoms with Crippen molar-refractivity contribution in [3.05, 3.63) is 96.0 Å². The molecule has 0 aliphatic rings. The van der Waals surface area contributed by atoms with Crippen molar-refractivity contribution in [2.24, 2.45) is 11.8 Å². The van der Waals surface area contributed by atoms with Crippen LogP contribution in [0.5, 0.6) is 0 Å². The van der Waals surface area contributed by atoms with Crippen molar-refractivity contribution in [2.75, 3.05) is 0 Å². The Hall–Kier alpha value is -3.61. The Balaban J connectivity index is 0.000000334. The Morgan fingerprint density at radius 1 is 0.833 bits per heavy atom. The molecule has 0 spiro atoms. The molecule has 1 radical (unpaired) electrons. The van der Waals surface area contributed by atoms with Gasteiger partial charge in [0.25, 0.3) is 0 Å². The summed E-state index contributed by atoms with van der Waals surface area (Å²) in [6.07, 6.45) is 1.57. The molecule has 0 saturated heterocycles. The van der Waals surface area contributed by atoms with E-state index in [1.807, 2.05) is 58.0 Å². The molecule has 4 nitrogen and oxygen atoms in total. The minimum absolute atomic E-state index is 0. The molecule has 0 aliphatic heterocycles. The Morgan fingerprint density at radius 2 is 1.42 bits per heavy atom. The molecule has 4 aromatic carbocycles. The first kappa shape index (κ1) is 38.8. The Morgan fingerprint density at radius 3 is 2.00 bits per heavy atom. The van der Waals surface area contributed by atoms with E-state index in [-0.39, 0.29) is 59.8 Å². The number of alkyl halides is 3. The maximum Gasteiger partial charge on any atom is 0.419 e. The van der Waals surface area contributed by atoms with Gasteiger partial charge < -0.3 is 5.11 Å². The van der Waals surface area contributed by atoms with Gasteiger partial charge in [-0.25, -0.2) is 4.98 Å². The molecule has 257 valence electrons. The van der Waals surface area contributed by atoms with Crippen LogP contribution in [0.25, 0.3) is 43.7 Å². The maximum absolute atomic E-state index is 14.1. The van der Waals surface area contributed by atoms with Crippen LogP contribution in [0.2, 0.25) is 0 Å². The van der Waals surface area contributed by atoms with Crippen LogP contribution in [0.4, 0.5) is 13.2 Å². The standard InChI is InChI=1S/C27H20F3N2.C13H24O2.Ir/c1-26(2,3)22-14-18(12-16-8-4-6-10-19(16)22)24-21-13-17-9-5-7-11-20(17)23(27(28,29)30)25(21)32-15-31-24;1-5-10(6-2)12(14)9-13(15)11(7-3)8-4;/h4-11,13-15H,1-3H3;9-11,14H,5-8H2,1-4H3;/q-1;;/b;12-9-;. The summed E-state index contributed by atoms with van der Waals surface area (Å²) in [6, 6.07) is 21.6. The fraction of sp³-hybridized carbons (Fsp3) is 0.375. The number of aromatic nitrogens is 2. The quantitative estimate of drug-likeness (QED) is 0.0732. The zero-order chi connectivity index (χ0) is 34.5. The van der Waals surface area contributed by atoms with Crippen LogP contribution < -0.4 is 0 Å². The number of hydrogen-bond donors (Lipinski definition) is 1. The summed E-state index contributed by atoms with van der Waals surface area (Å²) in [5.74, 6) is 0.547. The second-order valence-corrected chi connectivity index (χ2v) is 13.0. The largest absolute Gasteiger partial charge is 0.512 e. The molecule has 0 atom stereocenters. The van der Waals surface area contributed by atoms with E-state index in [1.165, 1.54) is 18.5 Å². The summed E-state index contributed by atoms with van der Waals surface area (Å²) >= 11 is 0. The summed E-state index contributed by atoms with van der Waals surface area (Å²) < 4.78 is 42.4. The molecule has 5 aromatic rings. The van der Waals surface area contributed by atoms with Gasteiger partial charge in [0.1, 0.15) is 6.33 Å². The third-order valence-corrected chi connectivity index (χ3v) is 8.85. The van der Waals surface area contributed by atoms with Gasteiger partial charge in [-0.1, -0.05) is 108 Å². The molecule has 1 N–H and O–H groups in total. The Labute approximate surface area is 295 Å². The van der Waals surface area contributed by atoms with Crippen molar-refractivity contribution in [1.29, 1.82) is 0 Å². The predicted octanol–water partition coefficient (Wildman–Crippen LogP) is 11.6. The van der Waals surface area contributed by atoms with Gasteiger partial charge in [-0.3, -0.25) is 9.78 Å². The van der Waals surface area contributed by atoms with E-state index in [2.05, 4.69) is 36.8 Å². The van der Waals surface area contributed by atoms with E-state index >= 15 is 0 Å². The number of hydrogen-bond acceptors (Lipinski definition) is 4. The van der Waals surface area contributed by atoms with E-state index in [9.17, 15) is 23.1 Å². The molecule has 5 rings (SSSR count). The Bertz CT molecular complexity index is 1900. The number of nitrogens with zero attached hydrogens (tertiary/aromatic N) is 2. The second kappa shape index (κ2) is 16.2. The predicted molar refractivity (Wildman–Crippen MR) is 186 cm³/mol. The number of aliphatic hydroxyl groups is 1. The summed E-state index contributed by atoms with van der Waals surface area (Å²) in [5.41, 5.74) is 1.19. The maximum atomic E-state index is 14.1. The Kier molecular flexibility index (Phi) is 13.1. The van der Waals surface area contributed by atoms with Crippen molar-refractivity contribution >= 4 is 38.2 Å². The number of carbonyl (C=O) groups excluding carboxylic acids is 1. The van der Waals surface area contributed by atoms with Crippen LogP contribution in [-0.4, -0.2) is 20.9 Å². The summed E-state index contributed by atoms with van der Waals surface area (Å²) in [6.45, 7) is 14.4.